The van der Waals surface area contributed by atoms with Crippen molar-refractivity contribution in [2.75, 3.05) is 32.9 Å². The van der Waals surface area contributed by atoms with Crippen molar-refractivity contribution in [3.63, 3.8) is 0 Å². The summed E-state index contributed by atoms with van der Waals surface area (Å²) in [7, 11) is 0. The predicted octanol–water partition coefficient (Wildman–Crippen LogP) is 1.74. The minimum absolute atomic E-state index is 0.0139. The molecule has 104 valence electrons. The highest BCUT2D eigenvalue weighted by Gasteiger charge is 2.18. The quantitative estimate of drug-likeness (QED) is 0.760. The highest BCUT2D eigenvalue weighted by molar-refractivity contribution is 5.69. The van der Waals surface area contributed by atoms with Crippen molar-refractivity contribution in [3.05, 3.63) is 0 Å². The zero-order chi connectivity index (χ0) is 12.6. The van der Waals surface area contributed by atoms with E-state index in [2.05, 4.69) is 5.32 Å². The summed E-state index contributed by atoms with van der Waals surface area (Å²) in [4.78, 5) is 11.7. The van der Waals surface area contributed by atoms with Crippen LogP contribution in [0, 0.1) is 11.8 Å². The molecular formula is C14H25NO3. The molecule has 1 N–H and O–H groups in total. The van der Waals surface area contributed by atoms with Crippen LogP contribution in [0.1, 0.15) is 38.5 Å². The molecule has 0 aliphatic carbocycles. The van der Waals surface area contributed by atoms with Crippen LogP contribution in [-0.4, -0.2) is 38.9 Å². The first kappa shape index (κ1) is 13.8. The highest BCUT2D eigenvalue weighted by Crippen LogP contribution is 2.19. The Morgan fingerprint density at radius 1 is 1.11 bits per heavy atom. The van der Waals surface area contributed by atoms with Crippen LogP contribution < -0.4 is 5.32 Å². The second kappa shape index (κ2) is 7.74. The van der Waals surface area contributed by atoms with Gasteiger partial charge in [0, 0.05) is 19.6 Å². The molecule has 0 bridgehead atoms. The molecule has 2 aliphatic rings. The molecule has 4 heteroatoms. The average Bonchev–Trinajstić information content (AvgIpc) is 2.45. The first-order chi connectivity index (χ1) is 8.84. The minimum Gasteiger partial charge on any atom is -0.465 e. The molecule has 0 saturated carbocycles. The Morgan fingerprint density at radius 2 is 1.83 bits per heavy atom. The van der Waals surface area contributed by atoms with Crippen LogP contribution in [-0.2, 0) is 14.3 Å². The van der Waals surface area contributed by atoms with E-state index < -0.39 is 0 Å². The van der Waals surface area contributed by atoms with Crippen molar-refractivity contribution in [3.8, 4) is 0 Å². The fraction of sp³-hybridized carbons (Fsp3) is 0.929. The number of nitrogens with one attached hydrogen (secondary N) is 1. The van der Waals surface area contributed by atoms with E-state index in [1.54, 1.807) is 0 Å². The van der Waals surface area contributed by atoms with E-state index >= 15 is 0 Å². The predicted molar refractivity (Wildman–Crippen MR) is 69.3 cm³/mol. The monoisotopic (exact) mass is 255 g/mol. The van der Waals surface area contributed by atoms with Gasteiger partial charge in [-0.2, -0.15) is 0 Å². The van der Waals surface area contributed by atoms with Crippen LogP contribution in [0.25, 0.3) is 0 Å². The zero-order valence-electron chi connectivity index (χ0n) is 11.2. The molecule has 4 nitrogen and oxygen atoms in total. The van der Waals surface area contributed by atoms with E-state index in [9.17, 15) is 4.79 Å². The number of carbonyl (C=O) groups is 1. The number of piperidine rings is 1. The second-order valence-corrected chi connectivity index (χ2v) is 5.47. The molecule has 0 aromatic heterocycles. The third-order valence-electron chi connectivity index (χ3n) is 4.04. The molecule has 0 unspecified atom stereocenters. The van der Waals surface area contributed by atoms with Gasteiger partial charge in [0.1, 0.15) is 0 Å². The third kappa shape index (κ3) is 4.94. The Kier molecular flexibility index (Phi) is 5.94. The molecule has 0 amide bonds. The van der Waals surface area contributed by atoms with E-state index in [0.717, 1.165) is 45.6 Å². The Balaban J connectivity index is 1.54. The van der Waals surface area contributed by atoms with E-state index in [1.165, 1.54) is 12.8 Å². The molecule has 0 aromatic rings. The molecule has 0 radical (unpaired) electrons. The SMILES string of the molecule is O=C(CCC1CCNCC1)OCC1CCOCC1. The van der Waals surface area contributed by atoms with Gasteiger partial charge in [-0.05, 0) is 57.0 Å². The van der Waals surface area contributed by atoms with Gasteiger partial charge in [-0.15, -0.1) is 0 Å². The summed E-state index contributed by atoms with van der Waals surface area (Å²) >= 11 is 0. The number of rotatable bonds is 5. The molecule has 2 aliphatic heterocycles. The molecule has 2 heterocycles. The number of carbonyl (C=O) groups excluding carboxylic acids is 1. The normalized spacial score (nSPS) is 22.9. The fourth-order valence-electron chi connectivity index (χ4n) is 2.69. The standard InChI is InChI=1S/C14H25NO3/c16-14(2-1-12-3-7-15-8-4-12)18-11-13-5-9-17-10-6-13/h12-13,15H,1-11H2. The van der Waals surface area contributed by atoms with Gasteiger partial charge in [0.15, 0.2) is 0 Å². The number of ether oxygens (including phenoxy) is 2. The van der Waals surface area contributed by atoms with Crippen molar-refractivity contribution in [1.29, 1.82) is 0 Å². The lowest BCUT2D eigenvalue weighted by atomic mass is 9.93. The Morgan fingerprint density at radius 3 is 2.56 bits per heavy atom. The third-order valence-corrected chi connectivity index (χ3v) is 4.04. The molecule has 0 spiro atoms. The number of hydrogen-bond donors (Lipinski definition) is 1. The van der Waals surface area contributed by atoms with Crippen molar-refractivity contribution in [2.24, 2.45) is 11.8 Å². The molecule has 0 atom stereocenters. The summed E-state index contributed by atoms with van der Waals surface area (Å²) in [5.41, 5.74) is 0. The van der Waals surface area contributed by atoms with Crippen LogP contribution in [0.4, 0.5) is 0 Å². The molecule has 2 saturated heterocycles. The molecule has 0 aromatic carbocycles. The molecule has 2 fully saturated rings. The van der Waals surface area contributed by atoms with E-state index in [1.807, 2.05) is 0 Å². The summed E-state index contributed by atoms with van der Waals surface area (Å²) < 4.78 is 10.6. The van der Waals surface area contributed by atoms with Gasteiger partial charge < -0.3 is 14.8 Å². The van der Waals surface area contributed by atoms with Crippen LogP contribution in [0.5, 0.6) is 0 Å². The molecule has 18 heavy (non-hydrogen) atoms. The molecular weight excluding hydrogens is 230 g/mol. The summed E-state index contributed by atoms with van der Waals surface area (Å²) in [5, 5.41) is 3.34. The van der Waals surface area contributed by atoms with Gasteiger partial charge in [-0.3, -0.25) is 4.79 Å². The first-order valence-electron chi connectivity index (χ1n) is 7.28. The second-order valence-electron chi connectivity index (χ2n) is 5.47. The smallest absolute Gasteiger partial charge is 0.305 e. The largest absolute Gasteiger partial charge is 0.465 e. The topological polar surface area (TPSA) is 47.6 Å². The van der Waals surface area contributed by atoms with Gasteiger partial charge in [0.25, 0.3) is 0 Å². The van der Waals surface area contributed by atoms with Gasteiger partial charge >= 0.3 is 5.97 Å². The van der Waals surface area contributed by atoms with E-state index in [4.69, 9.17) is 9.47 Å². The summed E-state index contributed by atoms with van der Waals surface area (Å²) in [6.07, 6.45) is 6.05. The van der Waals surface area contributed by atoms with Crippen LogP contribution >= 0.6 is 0 Å². The highest BCUT2D eigenvalue weighted by atomic mass is 16.5. The van der Waals surface area contributed by atoms with Crippen molar-refractivity contribution in [1.82, 2.24) is 5.32 Å². The van der Waals surface area contributed by atoms with Crippen LogP contribution in [0.15, 0.2) is 0 Å². The first-order valence-corrected chi connectivity index (χ1v) is 7.28. The fourth-order valence-corrected chi connectivity index (χ4v) is 2.69. The van der Waals surface area contributed by atoms with Gasteiger partial charge in [-0.1, -0.05) is 0 Å². The summed E-state index contributed by atoms with van der Waals surface area (Å²) in [5.74, 6) is 1.21. The van der Waals surface area contributed by atoms with Crippen molar-refractivity contribution >= 4 is 5.97 Å². The lowest BCUT2D eigenvalue weighted by Crippen LogP contribution is -2.28. The number of hydrogen-bond acceptors (Lipinski definition) is 4. The Hall–Kier alpha value is -0.610. The average molecular weight is 255 g/mol. The van der Waals surface area contributed by atoms with E-state index in [-0.39, 0.29) is 5.97 Å². The van der Waals surface area contributed by atoms with Crippen LogP contribution in [0.3, 0.4) is 0 Å². The maximum atomic E-state index is 11.7. The van der Waals surface area contributed by atoms with Gasteiger partial charge in [-0.25, -0.2) is 0 Å². The number of esters is 1. The lowest BCUT2D eigenvalue weighted by molar-refractivity contribution is -0.146. The zero-order valence-corrected chi connectivity index (χ0v) is 11.2. The maximum Gasteiger partial charge on any atom is 0.305 e. The van der Waals surface area contributed by atoms with Crippen LogP contribution in [0.2, 0.25) is 0 Å². The minimum atomic E-state index is -0.0139. The van der Waals surface area contributed by atoms with Crippen molar-refractivity contribution < 1.29 is 14.3 Å². The Bertz CT molecular complexity index is 221. The van der Waals surface area contributed by atoms with Gasteiger partial charge in [0.2, 0.25) is 0 Å². The summed E-state index contributed by atoms with van der Waals surface area (Å²) in [6, 6.07) is 0. The maximum absolute atomic E-state index is 11.7. The molecule has 2 rings (SSSR count). The lowest BCUT2D eigenvalue weighted by Gasteiger charge is -2.23. The van der Waals surface area contributed by atoms with E-state index in [0.29, 0.717) is 24.9 Å². The Labute approximate surface area is 109 Å². The van der Waals surface area contributed by atoms with Crippen molar-refractivity contribution in [2.45, 2.75) is 38.5 Å². The summed E-state index contributed by atoms with van der Waals surface area (Å²) in [6.45, 7) is 4.42. The van der Waals surface area contributed by atoms with Gasteiger partial charge in [0.05, 0.1) is 6.61 Å².